The van der Waals surface area contributed by atoms with Crippen LogP contribution in [-0.4, -0.2) is 17.7 Å². The molecule has 0 radical (unpaired) electrons. The first-order valence-corrected chi connectivity index (χ1v) is 6.39. The normalized spacial score (nSPS) is 21.1. The highest BCUT2D eigenvalue weighted by molar-refractivity contribution is 9.10. The van der Waals surface area contributed by atoms with Crippen LogP contribution >= 0.6 is 15.9 Å². The van der Waals surface area contributed by atoms with Crippen molar-refractivity contribution in [3.05, 3.63) is 40.6 Å². The van der Waals surface area contributed by atoms with Crippen LogP contribution in [0.5, 0.6) is 0 Å². The topological polar surface area (TPSA) is 56.9 Å². The van der Waals surface area contributed by atoms with Crippen LogP contribution in [0.2, 0.25) is 0 Å². The molecule has 0 amide bonds. The molecule has 1 atom stereocenters. The first-order chi connectivity index (χ1) is 9.94. The predicted octanol–water partition coefficient (Wildman–Crippen LogP) is 3.81. The molecule has 21 heavy (non-hydrogen) atoms. The monoisotopic (exact) mass is 362 g/mol. The van der Waals surface area contributed by atoms with Crippen molar-refractivity contribution >= 4 is 22.3 Å². The molecule has 1 aromatic carbocycles. The lowest BCUT2D eigenvalue weighted by atomic mass is 10.0. The van der Waals surface area contributed by atoms with E-state index in [1.807, 2.05) is 0 Å². The Hall–Kier alpha value is -2.03. The maximum absolute atomic E-state index is 13.3. The Kier molecular flexibility index (Phi) is 3.16. The number of ether oxygens (including phenoxy) is 1. The summed E-state index contributed by atoms with van der Waals surface area (Å²) < 4.78 is 50.0. The molecule has 0 aliphatic carbocycles. The highest BCUT2D eigenvalue weighted by atomic mass is 79.9. The number of benzene rings is 1. The van der Waals surface area contributed by atoms with E-state index < -0.39 is 17.5 Å². The standard InChI is InChI=1S/C12H6BrF3N2O3/c13-8-3-1-7(2-4-8)10-9(5-20-18-10)11(12(14,15)16)19-6-17-21-11/h1-6H/t11-/m0/s1. The van der Waals surface area contributed by atoms with Crippen LogP contribution in [0.3, 0.4) is 0 Å². The molecule has 0 unspecified atom stereocenters. The van der Waals surface area contributed by atoms with Gasteiger partial charge in [-0.2, -0.15) is 13.2 Å². The summed E-state index contributed by atoms with van der Waals surface area (Å²) >= 11 is 3.24. The summed E-state index contributed by atoms with van der Waals surface area (Å²) in [5.41, 5.74) is -0.0233. The average Bonchev–Trinajstić information content (AvgIpc) is 3.08. The third-order valence-corrected chi connectivity index (χ3v) is 3.39. The van der Waals surface area contributed by atoms with Crippen LogP contribution in [0.4, 0.5) is 13.2 Å². The number of alkyl halides is 3. The van der Waals surface area contributed by atoms with Crippen molar-refractivity contribution in [2.45, 2.75) is 12.0 Å². The molecular formula is C12H6BrF3N2O3. The minimum absolute atomic E-state index is 0.0367. The van der Waals surface area contributed by atoms with Crippen molar-refractivity contribution in [3.63, 3.8) is 0 Å². The first kappa shape index (κ1) is 13.9. The molecule has 0 fully saturated rings. The zero-order valence-electron chi connectivity index (χ0n) is 10.1. The summed E-state index contributed by atoms with van der Waals surface area (Å²) in [6.45, 7) is 0. The van der Waals surface area contributed by atoms with Crippen molar-refractivity contribution in [1.82, 2.24) is 5.16 Å². The molecule has 0 spiro atoms. The van der Waals surface area contributed by atoms with E-state index in [0.717, 1.165) is 10.7 Å². The van der Waals surface area contributed by atoms with Crippen LogP contribution in [-0.2, 0) is 15.4 Å². The second-order valence-electron chi connectivity index (χ2n) is 4.12. The Balaban J connectivity index is 2.12. The van der Waals surface area contributed by atoms with Gasteiger partial charge in [0.1, 0.15) is 17.5 Å². The van der Waals surface area contributed by atoms with Gasteiger partial charge >= 0.3 is 12.0 Å². The van der Waals surface area contributed by atoms with Crippen LogP contribution < -0.4 is 0 Å². The minimum Gasteiger partial charge on any atom is -0.425 e. The second kappa shape index (κ2) is 4.76. The molecule has 0 saturated heterocycles. The van der Waals surface area contributed by atoms with Crippen molar-refractivity contribution in [3.8, 4) is 11.3 Å². The molecule has 1 aliphatic heterocycles. The van der Waals surface area contributed by atoms with E-state index in [-0.39, 0.29) is 5.69 Å². The van der Waals surface area contributed by atoms with Crippen LogP contribution in [0.25, 0.3) is 11.3 Å². The quantitative estimate of drug-likeness (QED) is 0.814. The smallest absolute Gasteiger partial charge is 0.425 e. The minimum atomic E-state index is -4.86. The largest absolute Gasteiger partial charge is 0.475 e. The molecule has 0 bridgehead atoms. The fourth-order valence-electron chi connectivity index (χ4n) is 1.88. The molecule has 1 aliphatic rings. The number of hydrogen-bond acceptors (Lipinski definition) is 5. The maximum Gasteiger partial charge on any atom is 0.475 e. The summed E-state index contributed by atoms with van der Waals surface area (Å²) in [5, 5.41) is 6.68. The number of rotatable bonds is 2. The third-order valence-electron chi connectivity index (χ3n) is 2.86. The van der Waals surface area contributed by atoms with E-state index in [2.05, 4.69) is 40.3 Å². The zero-order chi connectivity index (χ0) is 15.1. The lowest BCUT2D eigenvalue weighted by Crippen LogP contribution is -2.43. The van der Waals surface area contributed by atoms with Gasteiger partial charge in [-0.1, -0.05) is 38.4 Å². The van der Waals surface area contributed by atoms with E-state index in [9.17, 15) is 13.2 Å². The SMILES string of the molecule is FC(F)(F)[C@@]1(c2conc2-c2ccc(Br)cc2)OC=NO1. The van der Waals surface area contributed by atoms with Crippen molar-refractivity contribution in [2.24, 2.45) is 5.16 Å². The fraction of sp³-hybridized carbons (Fsp3) is 0.167. The molecule has 0 N–H and O–H groups in total. The Bertz CT molecular complexity index is 674. The molecule has 2 heterocycles. The molecule has 0 saturated carbocycles. The van der Waals surface area contributed by atoms with Crippen LogP contribution in [0.15, 0.2) is 44.7 Å². The third kappa shape index (κ3) is 2.17. The predicted molar refractivity (Wildman–Crippen MR) is 68.0 cm³/mol. The number of oxime groups is 1. The van der Waals surface area contributed by atoms with E-state index in [4.69, 9.17) is 0 Å². The summed E-state index contributed by atoms with van der Waals surface area (Å²) in [6.07, 6.45) is -3.44. The van der Waals surface area contributed by atoms with Crippen molar-refractivity contribution in [1.29, 1.82) is 0 Å². The fourth-order valence-corrected chi connectivity index (χ4v) is 2.15. The summed E-state index contributed by atoms with van der Waals surface area (Å²) in [5.74, 6) is -3.05. The van der Waals surface area contributed by atoms with Gasteiger partial charge in [0.25, 0.3) is 0 Å². The van der Waals surface area contributed by atoms with E-state index in [0.29, 0.717) is 12.0 Å². The Morgan fingerprint density at radius 3 is 2.43 bits per heavy atom. The van der Waals surface area contributed by atoms with Gasteiger partial charge in [0, 0.05) is 10.0 Å². The van der Waals surface area contributed by atoms with Gasteiger partial charge in [-0.25, -0.2) is 0 Å². The number of aromatic nitrogens is 1. The van der Waals surface area contributed by atoms with E-state index in [1.165, 1.54) is 0 Å². The van der Waals surface area contributed by atoms with Crippen LogP contribution in [0, 0.1) is 0 Å². The zero-order valence-corrected chi connectivity index (χ0v) is 11.7. The lowest BCUT2D eigenvalue weighted by molar-refractivity contribution is -0.351. The van der Waals surface area contributed by atoms with Gasteiger partial charge < -0.3 is 14.1 Å². The van der Waals surface area contributed by atoms with Crippen LogP contribution in [0.1, 0.15) is 5.56 Å². The van der Waals surface area contributed by atoms with E-state index in [1.54, 1.807) is 24.3 Å². The summed E-state index contributed by atoms with van der Waals surface area (Å²) in [4.78, 5) is 4.45. The molecule has 3 rings (SSSR count). The molecular weight excluding hydrogens is 357 g/mol. The van der Waals surface area contributed by atoms with Gasteiger partial charge in [-0.3, -0.25) is 0 Å². The highest BCUT2D eigenvalue weighted by Crippen LogP contribution is 2.47. The summed E-state index contributed by atoms with van der Waals surface area (Å²) in [7, 11) is 0. The highest BCUT2D eigenvalue weighted by Gasteiger charge is 2.66. The molecule has 110 valence electrons. The number of halogens is 4. The first-order valence-electron chi connectivity index (χ1n) is 5.59. The Morgan fingerprint density at radius 2 is 1.86 bits per heavy atom. The van der Waals surface area contributed by atoms with Crippen molar-refractivity contribution in [2.75, 3.05) is 0 Å². The van der Waals surface area contributed by atoms with Crippen molar-refractivity contribution < 1.29 is 27.3 Å². The molecule has 2 aromatic rings. The molecule has 1 aromatic heterocycles. The summed E-state index contributed by atoms with van der Waals surface area (Å²) in [6, 6.07) is 6.51. The molecule has 5 nitrogen and oxygen atoms in total. The van der Waals surface area contributed by atoms with Gasteiger partial charge in [-0.05, 0) is 12.1 Å². The second-order valence-corrected chi connectivity index (χ2v) is 5.03. The average molecular weight is 363 g/mol. The Labute approximate surface area is 124 Å². The Morgan fingerprint density at radius 1 is 1.14 bits per heavy atom. The van der Waals surface area contributed by atoms with E-state index >= 15 is 0 Å². The van der Waals surface area contributed by atoms with Gasteiger partial charge in [-0.15, -0.1) is 0 Å². The maximum atomic E-state index is 13.3. The lowest BCUT2D eigenvalue weighted by Gasteiger charge is -2.26. The van der Waals surface area contributed by atoms with Gasteiger partial charge in [0.05, 0.1) is 0 Å². The number of nitrogens with zero attached hydrogens (tertiary/aromatic N) is 2. The van der Waals surface area contributed by atoms with Gasteiger partial charge in [0.15, 0.2) is 0 Å². The van der Waals surface area contributed by atoms with Gasteiger partial charge in [0.2, 0.25) is 6.40 Å². The number of hydrogen-bond donors (Lipinski definition) is 0. The molecule has 9 heteroatoms.